The summed E-state index contributed by atoms with van der Waals surface area (Å²) in [5.74, 6) is 0.673. The maximum atomic E-state index is 12.8. The molecule has 22 heavy (non-hydrogen) atoms. The fraction of sp³-hybridized carbons (Fsp3) is 0.812. The number of carbonyl (C=O) groups is 3. The van der Waals surface area contributed by atoms with Gasteiger partial charge >= 0.3 is 0 Å². The van der Waals surface area contributed by atoms with Crippen molar-refractivity contribution < 1.29 is 14.4 Å². The van der Waals surface area contributed by atoms with Crippen molar-refractivity contribution in [3.05, 3.63) is 0 Å². The minimum absolute atomic E-state index is 0.0331. The summed E-state index contributed by atoms with van der Waals surface area (Å²) in [5.41, 5.74) is -0.362. The van der Waals surface area contributed by atoms with Gasteiger partial charge in [-0.25, -0.2) is 0 Å². The molecule has 122 valence electrons. The molecule has 0 aromatic carbocycles. The van der Waals surface area contributed by atoms with Crippen molar-refractivity contribution in [2.75, 3.05) is 32.7 Å². The highest BCUT2D eigenvalue weighted by Crippen LogP contribution is 2.42. The van der Waals surface area contributed by atoms with Crippen molar-refractivity contribution in [3.63, 3.8) is 0 Å². The van der Waals surface area contributed by atoms with Gasteiger partial charge in [-0.05, 0) is 38.0 Å². The molecule has 0 aromatic rings. The molecule has 1 atom stereocenters. The lowest BCUT2D eigenvalue weighted by Crippen LogP contribution is -2.52. The van der Waals surface area contributed by atoms with E-state index in [1.54, 1.807) is 4.90 Å². The summed E-state index contributed by atoms with van der Waals surface area (Å²) in [6.45, 7) is 4.39. The van der Waals surface area contributed by atoms with Crippen LogP contribution in [-0.4, -0.2) is 60.2 Å². The number of rotatable bonds is 4. The SMILES string of the molecule is CC(=O)NCC(=O)N1CCCC2(CCN(CC3CC3)C2=O)C1. The van der Waals surface area contributed by atoms with E-state index in [0.717, 1.165) is 32.4 Å². The van der Waals surface area contributed by atoms with E-state index in [0.29, 0.717) is 19.0 Å². The summed E-state index contributed by atoms with van der Waals surface area (Å²) in [6.07, 6.45) is 5.12. The Morgan fingerprint density at radius 2 is 2.05 bits per heavy atom. The highest BCUT2D eigenvalue weighted by atomic mass is 16.2. The number of carbonyl (C=O) groups excluding carboxylic acids is 3. The molecule has 0 bridgehead atoms. The fourth-order valence-corrected chi connectivity index (χ4v) is 3.71. The summed E-state index contributed by atoms with van der Waals surface area (Å²) < 4.78 is 0. The van der Waals surface area contributed by atoms with Crippen LogP contribution in [0.5, 0.6) is 0 Å². The molecule has 1 spiro atoms. The lowest BCUT2D eigenvalue weighted by molar-refractivity contribution is -0.143. The Morgan fingerprint density at radius 3 is 2.73 bits per heavy atom. The molecule has 3 fully saturated rings. The number of hydrogen-bond acceptors (Lipinski definition) is 3. The molecule has 1 N–H and O–H groups in total. The van der Waals surface area contributed by atoms with Crippen LogP contribution in [0.3, 0.4) is 0 Å². The van der Waals surface area contributed by atoms with Gasteiger partial charge in [0.25, 0.3) is 0 Å². The third-order valence-corrected chi connectivity index (χ3v) is 5.19. The van der Waals surface area contributed by atoms with Crippen LogP contribution in [0.25, 0.3) is 0 Å². The van der Waals surface area contributed by atoms with Crippen LogP contribution in [0.4, 0.5) is 0 Å². The van der Waals surface area contributed by atoms with Crippen molar-refractivity contribution in [3.8, 4) is 0 Å². The fourth-order valence-electron chi connectivity index (χ4n) is 3.71. The van der Waals surface area contributed by atoms with E-state index in [9.17, 15) is 14.4 Å². The smallest absolute Gasteiger partial charge is 0.241 e. The monoisotopic (exact) mass is 307 g/mol. The zero-order valence-electron chi connectivity index (χ0n) is 13.3. The highest BCUT2D eigenvalue weighted by molar-refractivity contribution is 5.87. The Hall–Kier alpha value is -1.59. The van der Waals surface area contributed by atoms with E-state index >= 15 is 0 Å². The van der Waals surface area contributed by atoms with Crippen molar-refractivity contribution in [2.45, 2.75) is 39.0 Å². The molecule has 6 heteroatoms. The van der Waals surface area contributed by atoms with Crippen molar-refractivity contribution in [1.82, 2.24) is 15.1 Å². The predicted molar refractivity (Wildman–Crippen MR) is 80.9 cm³/mol. The van der Waals surface area contributed by atoms with Crippen LogP contribution in [0.1, 0.15) is 39.0 Å². The minimum atomic E-state index is -0.362. The van der Waals surface area contributed by atoms with Gasteiger partial charge in [0.2, 0.25) is 17.7 Å². The van der Waals surface area contributed by atoms with Gasteiger partial charge in [-0.1, -0.05) is 0 Å². The van der Waals surface area contributed by atoms with Crippen LogP contribution in [0.2, 0.25) is 0 Å². The van der Waals surface area contributed by atoms with Gasteiger partial charge in [0.1, 0.15) is 0 Å². The Bertz CT molecular complexity index is 489. The van der Waals surface area contributed by atoms with E-state index in [4.69, 9.17) is 0 Å². The maximum Gasteiger partial charge on any atom is 0.241 e. The van der Waals surface area contributed by atoms with Crippen LogP contribution in [0.15, 0.2) is 0 Å². The molecule has 3 rings (SSSR count). The maximum absolute atomic E-state index is 12.8. The molecule has 3 amide bonds. The van der Waals surface area contributed by atoms with Gasteiger partial charge in [-0.2, -0.15) is 0 Å². The first-order valence-electron chi connectivity index (χ1n) is 8.32. The minimum Gasteiger partial charge on any atom is -0.347 e. The van der Waals surface area contributed by atoms with E-state index in [-0.39, 0.29) is 29.7 Å². The third-order valence-electron chi connectivity index (χ3n) is 5.19. The molecule has 0 radical (unpaired) electrons. The second kappa shape index (κ2) is 5.89. The highest BCUT2D eigenvalue weighted by Gasteiger charge is 2.50. The van der Waals surface area contributed by atoms with E-state index in [1.807, 2.05) is 4.90 Å². The normalized spacial score (nSPS) is 28.3. The summed E-state index contributed by atoms with van der Waals surface area (Å²) in [6, 6.07) is 0. The van der Waals surface area contributed by atoms with E-state index < -0.39 is 0 Å². The lowest BCUT2D eigenvalue weighted by Gasteiger charge is -2.39. The third kappa shape index (κ3) is 3.10. The van der Waals surface area contributed by atoms with Gasteiger partial charge in [0.05, 0.1) is 12.0 Å². The van der Waals surface area contributed by atoms with Gasteiger partial charge in [0.15, 0.2) is 0 Å². The quantitative estimate of drug-likeness (QED) is 0.816. The molecule has 3 aliphatic rings. The Morgan fingerprint density at radius 1 is 1.27 bits per heavy atom. The standard InChI is InChI=1S/C16H25N3O3/c1-12(20)17-9-14(21)19-7-2-5-16(11-19)6-8-18(15(16)22)10-13-3-4-13/h13H,2-11H2,1H3,(H,17,20). The van der Waals surface area contributed by atoms with Crippen LogP contribution in [0, 0.1) is 11.3 Å². The number of nitrogens with one attached hydrogen (secondary N) is 1. The second-order valence-corrected chi connectivity index (χ2v) is 7.05. The molecular formula is C16H25N3O3. The van der Waals surface area contributed by atoms with Gasteiger partial charge in [0, 0.05) is 33.1 Å². The number of likely N-dealkylation sites (tertiary alicyclic amines) is 2. The van der Waals surface area contributed by atoms with Gasteiger partial charge in [-0.15, -0.1) is 0 Å². The number of amides is 3. The molecule has 1 unspecified atom stereocenters. The summed E-state index contributed by atoms with van der Waals surface area (Å²) in [7, 11) is 0. The lowest BCUT2D eigenvalue weighted by atomic mass is 9.78. The zero-order valence-corrected chi connectivity index (χ0v) is 13.3. The molecule has 0 aromatic heterocycles. The first kappa shape index (κ1) is 15.3. The van der Waals surface area contributed by atoms with Crippen LogP contribution >= 0.6 is 0 Å². The van der Waals surface area contributed by atoms with E-state index in [2.05, 4.69) is 5.32 Å². The first-order chi connectivity index (χ1) is 10.5. The molecule has 2 saturated heterocycles. The number of hydrogen-bond donors (Lipinski definition) is 1. The second-order valence-electron chi connectivity index (χ2n) is 7.05. The van der Waals surface area contributed by atoms with Crippen molar-refractivity contribution in [2.24, 2.45) is 11.3 Å². The number of nitrogens with zero attached hydrogens (tertiary/aromatic N) is 2. The van der Waals surface area contributed by atoms with Gasteiger partial charge in [-0.3, -0.25) is 14.4 Å². The molecule has 2 aliphatic heterocycles. The molecule has 2 heterocycles. The van der Waals surface area contributed by atoms with Crippen LogP contribution < -0.4 is 5.32 Å². The zero-order chi connectivity index (χ0) is 15.7. The molecular weight excluding hydrogens is 282 g/mol. The number of piperidine rings is 1. The first-order valence-corrected chi connectivity index (χ1v) is 8.32. The van der Waals surface area contributed by atoms with Gasteiger partial charge < -0.3 is 15.1 Å². The summed E-state index contributed by atoms with van der Waals surface area (Å²) in [5, 5.41) is 2.55. The molecule has 1 aliphatic carbocycles. The molecule has 1 saturated carbocycles. The predicted octanol–water partition coefficient (Wildman–Crippen LogP) is 0.374. The van der Waals surface area contributed by atoms with Crippen molar-refractivity contribution in [1.29, 1.82) is 0 Å². The van der Waals surface area contributed by atoms with Crippen molar-refractivity contribution >= 4 is 17.7 Å². The summed E-state index contributed by atoms with van der Waals surface area (Å²) >= 11 is 0. The van der Waals surface area contributed by atoms with E-state index in [1.165, 1.54) is 19.8 Å². The molecule has 6 nitrogen and oxygen atoms in total. The topological polar surface area (TPSA) is 69.7 Å². The average Bonchev–Trinajstić information content (AvgIpc) is 3.27. The summed E-state index contributed by atoms with van der Waals surface area (Å²) in [4.78, 5) is 39.7. The average molecular weight is 307 g/mol. The Balaban J connectivity index is 1.60. The van der Waals surface area contributed by atoms with Crippen LogP contribution in [-0.2, 0) is 14.4 Å². The Kier molecular flexibility index (Phi) is 4.10. The largest absolute Gasteiger partial charge is 0.347 e. The Labute approximate surface area is 131 Å².